The fraction of sp³-hybridized carbons (Fsp3) is 0.364. The third-order valence-electron chi connectivity index (χ3n) is 4.46. The Morgan fingerprint density at radius 3 is 2.45 bits per heavy atom. The van der Waals surface area contributed by atoms with Crippen LogP contribution in [0.1, 0.15) is 36.7 Å². The third kappa shape index (κ3) is 6.68. The Morgan fingerprint density at radius 1 is 1.07 bits per heavy atom. The van der Waals surface area contributed by atoms with Crippen molar-refractivity contribution < 1.29 is 23.8 Å². The summed E-state index contributed by atoms with van der Waals surface area (Å²) in [6, 6.07) is 12.1. The van der Waals surface area contributed by atoms with Crippen LogP contribution < -0.4 is 14.8 Å². The molecule has 0 saturated carbocycles. The van der Waals surface area contributed by atoms with Gasteiger partial charge in [0.05, 0.1) is 12.7 Å². The Kier molecular flexibility index (Phi) is 8.34. The molecule has 7 heteroatoms. The van der Waals surface area contributed by atoms with E-state index in [9.17, 15) is 9.59 Å². The highest BCUT2D eigenvalue weighted by Gasteiger charge is 2.16. The van der Waals surface area contributed by atoms with E-state index in [0.717, 1.165) is 5.56 Å². The lowest BCUT2D eigenvalue weighted by Crippen LogP contribution is -2.38. The summed E-state index contributed by atoms with van der Waals surface area (Å²) in [5, 5.41) is 3.39. The minimum absolute atomic E-state index is 0.00385. The number of rotatable bonds is 9. The zero-order valence-electron chi connectivity index (χ0n) is 17.0. The molecule has 156 valence electrons. The van der Waals surface area contributed by atoms with Crippen molar-refractivity contribution in [2.24, 2.45) is 5.92 Å². The maximum absolute atomic E-state index is 12.3. The molecule has 0 unspecified atom stereocenters. The summed E-state index contributed by atoms with van der Waals surface area (Å²) in [5.74, 6) is 0.175. The summed E-state index contributed by atoms with van der Waals surface area (Å²) in [6.45, 7) is 5.81. The molecule has 0 bridgehead atoms. The highest BCUT2D eigenvalue weighted by molar-refractivity contribution is 6.31. The Balaban J connectivity index is 1.97. The Bertz CT molecular complexity index is 853. The quantitative estimate of drug-likeness (QED) is 0.615. The van der Waals surface area contributed by atoms with Gasteiger partial charge in [-0.15, -0.1) is 0 Å². The van der Waals surface area contributed by atoms with Crippen LogP contribution in [0, 0.1) is 5.92 Å². The number of nitrogens with one attached hydrogen (secondary N) is 1. The first kappa shape index (κ1) is 22.6. The molecule has 2 aromatic rings. The molecule has 0 aliphatic heterocycles. The van der Waals surface area contributed by atoms with Crippen LogP contribution in [0.4, 0.5) is 0 Å². The van der Waals surface area contributed by atoms with E-state index in [1.165, 1.54) is 13.2 Å². The van der Waals surface area contributed by atoms with Gasteiger partial charge < -0.3 is 19.5 Å². The molecule has 1 N–H and O–H groups in total. The molecule has 0 aromatic heterocycles. The zero-order valence-corrected chi connectivity index (χ0v) is 17.8. The number of hydrogen-bond acceptors (Lipinski definition) is 5. The first-order valence-corrected chi connectivity index (χ1v) is 9.70. The Labute approximate surface area is 176 Å². The predicted octanol–water partition coefficient (Wildman–Crippen LogP) is 4.25. The third-order valence-corrected chi connectivity index (χ3v) is 4.83. The van der Waals surface area contributed by atoms with Crippen molar-refractivity contribution in [1.82, 2.24) is 5.32 Å². The lowest BCUT2D eigenvalue weighted by atomic mass is 10.1. The minimum Gasteiger partial charge on any atom is -0.493 e. The molecule has 0 saturated heterocycles. The summed E-state index contributed by atoms with van der Waals surface area (Å²) >= 11 is 6.13. The largest absolute Gasteiger partial charge is 0.493 e. The number of esters is 1. The monoisotopic (exact) mass is 419 g/mol. The number of hydrogen-bond donors (Lipinski definition) is 1. The Morgan fingerprint density at radius 2 is 1.79 bits per heavy atom. The highest BCUT2D eigenvalue weighted by Crippen LogP contribution is 2.30. The van der Waals surface area contributed by atoms with Gasteiger partial charge in [0.25, 0.3) is 5.91 Å². The average molecular weight is 420 g/mol. The normalized spacial score (nSPS) is 11.7. The zero-order chi connectivity index (χ0) is 21.4. The molecule has 2 aromatic carbocycles. The molecule has 2 rings (SSSR count). The molecule has 29 heavy (non-hydrogen) atoms. The summed E-state index contributed by atoms with van der Waals surface area (Å²) in [6.07, 6.45) is 0. The fourth-order valence-corrected chi connectivity index (χ4v) is 2.55. The van der Waals surface area contributed by atoms with Gasteiger partial charge in [-0.3, -0.25) is 4.79 Å². The molecule has 0 heterocycles. The van der Waals surface area contributed by atoms with E-state index in [2.05, 4.69) is 5.32 Å². The number of methoxy groups -OCH3 is 1. The molecule has 0 aliphatic rings. The van der Waals surface area contributed by atoms with Crippen LogP contribution in [-0.4, -0.2) is 31.6 Å². The van der Waals surface area contributed by atoms with Gasteiger partial charge in [-0.2, -0.15) is 0 Å². The van der Waals surface area contributed by atoms with Crippen LogP contribution in [-0.2, 0) is 16.1 Å². The number of benzene rings is 2. The van der Waals surface area contributed by atoms with E-state index in [0.29, 0.717) is 16.5 Å². The van der Waals surface area contributed by atoms with Crippen LogP contribution in [0.5, 0.6) is 11.5 Å². The van der Waals surface area contributed by atoms with E-state index in [-0.39, 0.29) is 36.6 Å². The van der Waals surface area contributed by atoms with Crippen molar-refractivity contribution in [3.8, 4) is 11.5 Å². The summed E-state index contributed by atoms with van der Waals surface area (Å²) in [4.78, 5) is 24.1. The van der Waals surface area contributed by atoms with Crippen LogP contribution in [0.25, 0.3) is 0 Å². The van der Waals surface area contributed by atoms with Crippen molar-refractivity contribution in [1.29, 1.82) is 0 Å². The van der Waals surface area contributed by atoms with Gasteiger partial charge >= 0.3 is 5.97 Å². The highest BCUT2D eigenvalue weighted by atomic mass is 35.5. The SMILES string of the molecule is COc1cc(C(=O)OCC(=O)N[C@H](C)C(C)C)ccc1OCc1ccccc1Cl. The number of ether oxygens (including phenoxy) is 3. The van der Waals surface area contributed by atoms with E-state index in [4.69, 9.17) is 25.8 Å². The maximum Gasteiger partial charge on any atom is 0.338 e. The van der Waals surface area contributed by atoms with E-state index in [1.54, 1.807) is 18.2 Å². The van der Waals surface area contributed by atoms with Gasteiger partial charge in [0.2, 0.25) is 0 Å². The Hall–Kier alpha value is -2.73. The van der Waals surface area contributed by atoms with E-state index < -0.39 is 5.97 Å². The van der Waals surface area contributed by atoms with Gasteiger partial charge in [0.1, 0.15) is 6.61 Å². The van der Waals surface area contributed by atoms with Gasteiger partial charge in [0.15, 0.2) is 18.1 Å². The molecule has 0 spiro atoms. The van der Waals surface area contributed by atoms with Crippen molar-refractivity contribution in [3.05, 3.63) is 58.6 Å². The van der Waals surface area contributed by atoms with E-state index in [1.807, 2.05) is 39.0 Å². The van der Waals surface area contributed by atoms with Gasteiger partial charge in [0, 0.05) is 16.6 Å². The molecule has 0 aliphatic carbocycles. The molecule has 1 amide bonds. The second kappa shape index (κ2) is 10.7. The minimum atomic E-state index is -0.617. The fourth-order valence-electron chi connectivity index (χ4n) is 2.36. The topological polar surface area (TPSA) is 73.9 Å². The second-order valence-corrected chi connectivity index (χ2v) is 7.33. The average Bonchev–Trinajstić information content (AvgIpc) is 2.71. The second-order valence-electron chi connectivity index (χ2n) is 6.92. The van der Waals surface area contributed by atoms with Gasteiger partial charge in [-0.05, 0) is 37.1 Å². The van der Waals surface area contributed by atoms with Gasteiger partial charge in [-0.25, -0.2) is 4.79 Å². The standard InChI is InChI=1S/C22H26ClNO5/c1-14(2)15(3)24-21(25)13-29-22(26)16-9-10-19(20(11-16)27-4)28-12-17-7-5-6-8-18(17)23/h5-11,14-15H,12-13H2,1-4H3,(H,24,25)/t15-/m1/s1. The van der Waals surface area contributed by atoms with Crippen molar-refractivity contribution in [2.45, 2.75) is 33.4 Å². The number of amides is 1. The molecule has 0 radical (unpaired) electrons. The van der Waals surface area contributed by atoms with Crippen LogP contribution in [0.2, 0.25) is 5.02 Å². The lowest BCUT2D eigenvalue weighted by Gasteiger charge is -2.17. The maximum atomic E-state index is 12.3. The number of halogens is 1. The smallest absolute Gasteiger partial charge is 0.338 e. The molecule has 6 nitrogen and oxygen atoms in total. The molecular formula is C22H26ClNO5. The van der Waals surface area contributed by atoms with Crippen molar-refractivity contribution >= 4 is 23.5 Å². The van der Waals surface area contributed by atoms with Crippen LogP contribution >= 0.6 is 11.6 Å². The van der Waals surface area contributed by atoms with E-state index >= 15 is 0 Å². The molecular weight excluding hydrogens is 394 g/mol. The molecule has 1 atom stereocenters. The van der Waals surface area contributed by atoms with Crippen molar-refractivity contribution in [2.75, 3.05) is 13.7 Å². The van der Waals surface area contributed by atoms with Crippen molar-refractivity contribution in [3.63, 3.8) is 0 Å². The van der Waals surface area contributed by atoms with Gasteiger partial charge in [-0.1, -0.05) is 43.6 Å². The predicted molar refractivity (Wildman–Crippen MR) is 112 cm³/mol. The summed E-state index contributed by atoms with van der Waals surface area (Å²) in [5.41, 5.74) is 1.10. The number of carbonyl (C=O) groups excluding carboxylic acids is 2. The first-order chi connectivity index (χ1) is 13.8. The summed E-state index contributed by atoms with van der Waals surface area (Å²) < 4.78 is 16.2. The van der Waals surface area contributed by atoms with Crippen LogP contribution in [0.15, 0.2) is 42.5 Å². The summed E-state index contributed by atoms with van der Waals surface area (Å²) in [7, 11) is 1.48. The first-order valence-electron chi connectivity index (χ1n) is 9.32. The molecule has 0 fully saturated rings. The number of carbonyl (C=O) groups is 2. The van der Waals surface area contributed by atoms with Crippen LogP contribution in [0.3, 0.4) is 0 Å². The lowest BCUT2D eigenvalue weighted by molar-refractivity contribution is -0.125.